The number of hydrogen-bond donors (Lipinski definition) is 0. The molecule has 0 aliphatic carbocycles. The molecule has 0 saturated heterocycles. The summed E-state index contributed by atoms with van der Waals surface area (Å²) in [4.78, 5) is 13.7. The second-order valence-corrected chi connectivity index (χ2v) is 3.96. The lowest BCUT2D eigenvalue weighted by atomic mass is 10.4. The molecule has 0 amide bonds. The normalized spacial score (nSPS) is 26.7. The summed E-state index contributed by atoms with van der Waals surface area (Å²) < 4.78 is 21.3. The summed E-state index contributed by atoms with van der Waals surface area (Å²) >= 11 is 0. The molecule has 1 rings (SSSR count). The van der Waals surface area contributed by atoms with Gasteiger partial charge >= 0.3 is 0 Å². The van der Waals surface area contributed by atoms with Crippen molar-refractivity contribution in [2.45, 2.75) is 6.10 Å². The van der Waals surface area contributed by atoms with Gasteiger partial charge in [0.25, 0.3) is 5.09 Å². The summed E-state index contributed by atoms with van der Waals surface area (Å²) in [6, 6.07) is 0. The Hall–Kier alpha value is -1.11. The molecule has 0 bridgehead atoms. The smallest absolute Gasteiger partial charge is 0.295 e. The van der Waals surface area contributed by atoms with Crippen molar-refractivity contribution in [1.82, 2.24) is 0 Å². The second-order valence-electron chi connectivity index (χ2n) is 2.03. The van der Waals surface area contributed by atoms with Crippen LogP contribution in [-0.4, -0.2) is 25.4 Å². The minimum atomic E-state index is -3.25. The Labute approximate surface area is 62.5 Å². The van der Waals surface area contributed by atoms with Gasteiger partial charge < -0.3 is 4.84 Å². The van der Waals surface area contributed by atoms with E-state index >= 15 is 0 Å². The maximum absolute atomic E-state index is 10.6. The number of hydrogen-bond acceptors (Lipinski definition) is 5. The Kier molecular flexibility index (Phi) is 1.81. The van der Waals surface area contributed by atoms with Crippen LogP contribution in [0.3, 0.4) is 0 Å². The highest BCUT2D eigenvalue weighted by Gasteiger charge is 2.24. The highest BCUT2D eigenvalue weighted by Crippen LogP contribution is 2.10. The Morgan fingerprint density at radius 2 is 2.27 bits per heavy atom. The minimum Gasteiger partial charge on any atom is -0.305 e. The van der Waals surface area contributed by atoms with Gasteiger partial charge in [-0.05, 0) is 6.08 Å². The van der Waals surface area contributed by atoms with Gasteiger partial charge in [-0.2, -0.15) is 0 Å². The van der Waals surface area contributed by atoms with Crippen molar-refractivity contribution in [1.29, 1.82) is 0 Å². The zero-order valence-electron chi connectivity index (χ0n) is 5.34. The van der Waals surface area contributed by atoms with E-state index in [2.05, 4.69) is 4.84 Å². The van der Waals surface area contributed by atoms with Crippen molar-refractivity contribution < 1.29 is 18.3 Å². The first-order chi connectivity index (χ1) is 4.99. The van der Waals surface area contributed by atoms with Gasteiger partial charge in [0.1, 0.15) is 6.10 Å². The molecule has 0 saturated carbocycles. The van der Waals surface area contributed by atoms with Gasteiger partial charge in [0.15, 0.2) is 9.84 Å². The Balaban J connectivity index is 2.58. The summed E-state index contributed by atoms with van der Waals surface area (Å²) in [5.41, 5.74) is 0. The number of nitrogens with zero attached hydrogens (tertiary/aromatic N) is 1. The van der Waals surface area contributed by atoms with Crippen molar-refractivity contribution in [2.24, 2.45) is 0 Å². The molecule has 0 N–H and O–H groups in total. The van der Waals surface area contributed by atoms with E-state index < -0.39 is 21.0 Å². The number of rotatable bonds is 2. The second kappa shape index (κ2) is 2.50. The van der Waals surface area contributed by atoms with E-state index in [0.717, 1.165) is 11.5 Å². The van der Waals surface area contributed by atoms with E-state index in [0.29, 0.717) is 0 Å². The molecular formula is C4H5NO5S. The fourth-order valence-corrected chi connectivity index (χ4v) is 1.88. The van der Waals surface area contributed by atoms with Crippen LogP contribution in [0.4, 0.5) is 0 Å². The quantitative estimate of drug-likeness (QED) is 0.421. The first-order valence-corrected chi connectivity index (χ1v) is 4.43. The van der Waals surface area contributed by atoms with Crippen LogP contribution in [0, 0.1) is 10.1 Å². The van der Waals surface area contributed by atoms with Gasteiger partial charge in [0, 0.05) is 5.41 Å². The van der Waals surface area contributed by atoms with E-state index in [4.69, 9.17) is 0 Å². The van der Waals surface area contributed by atoms with E-state index in [1.807, 2.05) is 0 Å². The summed E-state index contributed by atoms with van der Waals surface area (Å²) in [7, 11) is -3.25. The van der Waals surface area contributed by atoms with Crippen LogP contribution < -0.4 is 0 Å². The topological polar surface area (TPSA) is 86.5 Å². The lowest BCUT2D eigenvalue weighted by molar-refractivity contribution is -0.764. The molecule has 0 aromatic heterocycles. The average molecular weight is 179 g/mol. The van der Waals surface area contributed by atoms with E-state index in [1.165, 1.54) is 0 Å². The summed E-state index contributed by atoms with van der Waals surface area (Å²) in [5, 5.41) is 9.63. The Morgan fingerprint density at radius 3 is 2.64 bits per heavy atom. The fourth-order valence-electron chi connectivity index (χ4n) is 0.724. The molecule has 0 radical (unpaired) electrons. The molecule has 0 aromatic rings. The predicted molar refractivity (Wildman–Crippen MR) is 34.8 cm³/mol. The summed E-state index contributed by atoms with van der Waals surface area (Å²) in [6.07, 6.45) is 0.216. The molecule has 6 nitrogen and oxygen atoms in total. The van der Waals surface area contributed by atoms with Crippen molar-refractivity contribution in [3.63, 3.8) is 0 Å². The monoisotopic (exact) mass is 179 g/mol. The van der Waals surface area contributed by atoms with Crippen molar-refractivity contribution in [2.75, 3.05) is 5.75 Å². The molecule has 0 spiro atoms. The first kappa shape index (κ1) is 7.99. The lowest BCUT2D eigenvalue weighted by Gasteiger charge is -2.01. The molecular weight excluding hydrogens is 174 g/mol. The van der Waals surface area contributed by atoms with Gasteiger partial charge in [0.05, 0.1) is 5.75 Å². The Bertz CT molecular complexity index is 292. The van der Waals surface area contributed by atoms with E-state index in [9.17, 15) is 18.5 Å². The largest absolute Gasteiger partial charge is 0.305 e. The third-order valence-corrected chi connectivity index (χ3v) is 2.48. The average Bonchev–Trinajstić information content (AvgIpc) is 2.08. The minimum absolute atomic E-state index is 0.339. The number of sulfone groups is 1. The van der Waals surface area contributed by atoms with Crippen molar-refractivity contribution >= 4 is 9.84 Å². The molecule has 1 aliphatic heterocycles. The molecule has 1 unspecified atom stereocenters. The highest BCUT2D eigenvalue weighted by molar-refractivity contribution is 7.94. The molecule has 0 fully saturated rings. The molecule has 11 heavy (non-hydrogen) atoms. The van der Waals surface area contributed by atoms with Crippen molar-refractivity contribution in [3.05, 3.63) is 21.6 Å². The third-order valence-electron chi connectivity index (χ3n) is 1.12. The zero-order chi connectivity index (χ0) is 8.48. The highest BCUT2D eigenvalue weighted by atomic mass is 32.2. The zero-order valence-corrected chi connectivity index (χ0v) is 6.15. The van der Waals surface area contributed by atoms with Crippen LogP contribution in [-0.2, 0) is 14.7 Å². The molecule has 1 atom stereocenters. The predicted octanol–water partition coefficient (Wildman–Crippen LogP) is -0.495. The van der Waals surface area contributed by atoms with Crippen LogP contribution in [0.15, 0.2) is 11.5 Å². The molecule has 0 aromatic carbocycles. The van der Waals surface area contributed by atoms with Crippen LogP contribution in [0.25, 0.3) is 0 Å². The molecule has 1 heterocycles. The van der Waals surface area contributed by atoms with Gasteiger partial charge in [-0.15, -0.1) is 10.1 Å². The van der Waals surface area contributed by atoms with Crippen LogP contribution in [0.1, 0.15) is 0 Å². The summed E-state index contributed by atoms with van der Waals surface area (Å²) in [5.74, 6) is -0.339. The fraction of sp³-hybridized carbons (Fsp3) is 0.500. The van der Waals surface area contributed by atoms with Gasteiger partial charge in [-0.25, -0.2) is 8.42 Å². The Morgan fingerprint density at radius 1 is 1.64 bits per heavy atom. The van der Waals surface area contributed by atoms with Crippen molar-refractivity contribution in [3.8, 4) is 0 Å². The summed E-state index contributed by atoms with van der Waals surface area (Å²) in [6.45, 7) is 0. The van der Waals surface area contributed by atoms with E-state index in [-0.39, 0.29) is 5.75 Å². The van der Waals surface area contributed by atoms with Gasteiger partial charge in [-0.3, -0.25) is 0 Å². The third kappa shape index (κ3) is 2.19. The van der Waals surface area contributed by atoms with Gasteiger partial charge in [0.2, 0.25) is 0 Å². The maximum atomic E-state index is 10.6. The van der Waals surface area contributed by atoms with Crippen LogP contribution in [0.2, 0.25) is 0 Å². The lowest BCUT2D eigenvalue weighted by Crippen LogP contribution is -2.18. The van der Waals surface area contributed by atoms with Gasteiger partial charge in [-0.1, -0.05) is 0 Å². The molecule has 7 heteroatoms. The maximum Gasteiger partial charge on any atom is 0.295 e. The SMILES string of the molecule is O=[N+]([O-])OC1C=CS(=O)(=O)C1. The molecule has 1 aliphatic rings. The standard InChI is InChI=1S/C4H5NO5S/c6-5(7)10-4-1-2-11(8,9)3-4/h1-2,4H,3H2. The van der Waals surface area contributed by atoms with E-state index in [1.54, 1.807) is 0 Å². The first-order valence-electron chi connectivity index (χ1n) is 2.72. The van der Waals surface area contributed by atoms with Crippen LogP contribution in [0.5, 0.6) is 0 Å². The van der Waals surface area contributed by atoms with Crippen LogP contribution >= 0.6 is 0 Å². The molecule has 62 valence electrons.